The van der Waals surface area contributed by atoms with Gasteiger partial charge in [-0.15, -0.1) is 11.8 Å². The molecule has 3 N–H and O–H groups in total. The highest BCUT2D eigenvalue weighted by molar-refractivity contribution is 7.99. The largest absolute Gasteiger partial charge is 0.358 e. The van der Waals surface area contributed by atoms with Gasteiger partial charge in [0.15, 0.2) is 0 Å². The van der Waals surface area contributed by atoms with Crippen molar-refractivity contribution in [2.75, 3.05) is 37.2 Å². The Morgan fingerprint density at radius 3 is 2.61 bits per heavy atom. The molecule has 31 heavy (non-hydrogen) atoms. The van der Waals surface area contributed by atoms with Gasteiger partial charge in [-0.05, 0) is 62.5 Å². The number of aromatic amines is 1. The predicted octanol–water partition coefficient (Wildman–Crippen LogP) is 4.31. The van der Waals surface area contributed by atoms with Crippen molar-refractivity contribution < 1.29 is 9.59 Å². The molecule has 1 aliphatic heterocycles. The second-order valence-electron chi connectivity index (χ2n) is 7.60. The number of nitrogens with zero attached hydrogens (tertiary/aromatic N) is 1. The highest BCUT2D eigenvalue weighted by atomic mass is 32.2. The molecule has 0 spiro atoms. The van der Waals surface area contributed by atoms with Crippen LogP contribution < -0.4 is 10.6 Å². The van der Waals surface area contributed by atoms with Gasteiger partial charge in [-0.25, -0.2) is 0 Å². The number of thioether (sulfide) groups is 1. The standard InChI is InChI=1S/C24H32N4O2S/c1-6-28(7-2)12-11-25-24(30)22-15(4)21(26-16(22)5)14-19-18-13-17(31-8-3)9-10-20(18)27-23(19)29/h9-10,13-14,26H,6-8,11-12H2,1-5H3,(H,25,30)(H,27,29)/b19-14-. The van der Waals surface area contributed by atoms with Crippen LogP contribution in [0, 0.1) is 13.8 Å². The minimum atomic E-state index is -0.120. The van der Waals surface area contributed by atoms with Crippen molar-refractivity contribution in [1.82, 2.24) is 15.2 Å². The number of carbonyl (C=O) groups is 2. The first-order valence-corrected chi connectivity index (χ1v) is 11.9. The number of amides is 2. The minimum absolute atomic E-state index is 0.0824. The van der Waals surface area contributed by atoms with Crippen molar-refractivity contribution in [3.8, 4) is 0 Å². The number of carbonyl (C=O) groups excluding carboxylic acids is 2. The summed E-state index contributed by atoms with van der Waals surface area (Å²) in [6.45, 7) is 13.5. The lowest BCUT2D eigenvalue weighted by atomic mass is 10.0. The normalized spacial score (nSPS) is 14.3. The van der Waals surface area contributed by atoms with Gasteiger partial charge >= 0.3 is 0 Å². The Labute approximate surface area is 188 Å². The van der Waals surface area contributed by atoms with E-state index in [1.165, 1.54) is 0 Å². The number of fused-ring (bicyclic) bond motifs is 1. The minimum Gasteiger partial charge on any atom is -0.358 e. The molecule has 3 rings (SSSR count). The van der Waals surface area contributed by atoms with Gasteiger partial charge in [-0.1, -0.05) is 20.8 Å². The van der Waals surface area contributed by atoms with Crippen molar-refractivity contribution in [1.29, 1.82) is 0 Å². The van der Waals surface area contributed by atoms with Gasteiger partial charge in [-0.3, -0.25) is 9.59 Å². The molecule has 1 aromatic heterocycles. The molecule has 2 aromatic rings. The molecule has 6 nitrogen and oxygen atoms in total. The second kappa shape index (κ2) is 10.2. The van der Waals surface area contributed by atoms with Crippen LogP contribution in [-0.2, 0) is 4.79 Å². The van der Waals surface area contributed by atoms with E-state index in [0.717, 1.165) is 58.5 Å². The van der Waals surface area contributed by atoms with Crippen LogP contribution in [0.4, 0.5) is 5.69 Å². The molecular weight excluding hydrogens is 408 g/mol. The number of hydrogen-bond donors (Lipinski definition) is 3. The van der Waals surface area contributed by atoms with Crippen LogP contribution in [0.2, 0.25) is 0 Å². The number of hydrogen-bond acceptors (Lipinski definition) is 4. The summed E-state index contributed by atoms with van der Waals surface area (Å²) in [6, 6.07) is 6.04. The number of rotatable bonds is 9. The van der Waals surface area contributed by atoms with E-state index in [1.54, 1.807) is 11.8 Å². The average molecular weight is 441 g/mol. The lowest BCUT2D eigenvalue weighted by Crippen LogP contribution is -2.35. The Balaban J connectivity index is 1.84. The van der Waals surface area contributed by atoms with Crippen LogP contribution in [0.1, 0.15) is 53.6 Å². The Bertz CT molecular complexity index is 1010. The van der Waals surface area contributed by atoms with Crippen molar-refractivity contribution >= 4 is 40.9 Å². The highest BCUT2D eigenvalue weighted by Crippen LogP contribution is 2.36. The summed E-state index contributed by atoms with van der Waals surface area (Å²) in [5.74, 6) is 0.771. The Morgan fingerprint density at radius 1 is 1.19 bits per heavy atom. The molecule has 0 aliphatic carbocycles. The Morgan fingerprint density at radius 2 is 1.94 bits per heavy atom. The maximum atomic E-state index is 12.8. The van der Waals surface area contributed by atoms with Crippen LogP contribution in [0.5, 0.6) is 0 Å². The molecule has 0 saturated heterocycles. The number of benzene rings is 1. The van der Waals surface area contributed by atoms with Crippen LogP contribution in [-0.4, -0.2) is 53.6 Å². The number of aromatic nitrogens is 1. The number of aryl methyl sites for hydroxylation is 1. The van der Waals surface area contributed by atoms with E-state index >= 15 is 0 Å². The van der Waals surface area contributed by atoms with Crippen LogP contribution >= 0.6 is 11.8 Å². The van der Waals surface area contributed by atoms with Gasteiger partial charge in [0.2, 0.25) is 0 Å². The van der Waals surface area contributed by atoms with Gasteiger partial charge in [0.05, 0.1) is 11.1 Å². The van der Waals surface area contributed by atoms with E-state index in [2.05, 4.69) is 47.4 Å². The molecule has 2 amide bonds. The van der Waals surface area contributed by atoms with Gasteiger partial charge < -0.3 is 20.5 Å². The van der Waals surface area contributed by atoms with Gasteiger partial charge in [0.1, 0.15) is 0 Å². The lowest BCUT2D eigenvalue weighted by Gasteiger charge is -2.18. The summed E-state index contributed by atoms with van der Waals surface area (Å²) in [5.41, 5.74) is 5.45. The number of anilines is 1. The topological polar surface area (TPSA) is 77.2 Å². The summed E-state index contributed by atoms with van der Waals surface area (Å²) in [5, 5.41) is 5.97. The van der Waals surface area contributed by atoms with Crippen LogP contribution in [0.3, 0.4) is 0 Å². The quantitative estimate of drug-likeness (QED) is 0.401. The molecule has 0 saturated carbocycles. The number of H-pyrrole nitrogens is 1. The predicted molar refractivity (Wildman–Crippen MR) is 130 cm³/mol. The molecule has 1 aliphatic rings. The van der Waals surface area contributed by atoms with Crippen LogP contribution in [0.25, 0.3) is 11.6 Å². The first kappa shape index (κ1) is 23.2. The molecule has 0 bridgehead atoms. The molecule has 7 heteroatoms. The molecular formula is C24H32N4O2S. The monoisotopic (exact) mass is 440 g/mol. The van der Waals surface area contributed by atoms with E-state index in [0.29, 0.717) is 17.7 Å². The number of likely N-dealkylation sites (N-methyl/N-ethyl adjacent to an activating group) is 1. The van der Waals surface area contributed by atoms with E-state index < -0.39 is 0 Å². The first-order chi connectivity index (χ1) is 14.9. The van der Waals surface area contributed by atoms with Crippen molar-refractivity contribution in [3.05, 3.63) is 46.3 Å². The van der Waals surface area contributed by atoms with Crippen molar-refractivity contribution in [2.24, 2.45) is 0 Å². The Kier molecular flexibility index (Phi) is 7.62. The van der Waals surface area contributed by atoms with E-state index in [1.807, 2.05) is 32.1 Å². The SMILES string of the molecule is CCSc1ccc2c(c1)/C(=C/c1[nH]c(C)c(C(=O)NCCN(CC)CC)c1C)C(=O)N2. The Hall–Kier alpha value is -2.51. The van der Waals surface area contributed by atoms with Crippen molar-refractivity contribution in [3.63, 3.8) is 0 Å². The molecule has 0 fully saturated rings. The smallest absolute Gasteiger partial charge is 0.256 e. The summed E-state index contributed by atoms with van der Waals surface area (Å²) in [6.07, 6.45) is 1.86. The zero-order valence-electron chi connectivity index (χ0n) is 19.0. The average Bonchev–Trinajstić information content (AvgIpc) is 3.20. The fraction of sp³-hybridized carbons (Fsp3) is 0.417. The maximum absolute atomic E-state index is 12.8. The molecule has 166 valence electrons. The third-order valence-corrected chi connectivity index (χ3v) is 6.56. The first-order valence-electron chi connectivity index (χ1n) is 10.9. The summed E-state index contributed by atoms with van der Waals surface area (Å²) < 4.78 is 0. The fourth-order valence-electron chi connectivity index (χ4n) is 3.93. The van der Waals surface area contributed by atoms with Crippen molar-refractivity contribution in [2.45, 2.75) is 39.5 Å². The molecule has 2 heterocycles. The van der Waals surface area contributed by atoms with Gasteiger partial charge in [0, 0.05) is 40.6 Å². The zero-order valence-corrected chi connectivity index (χ0v) is 19.8. The highest BCUT2D eigenvalue weighted by Gasteiger charge is 2.26. The summed E-state index contributed by atoms with van der Waals surface area (Å²) in [7, 11) is 0. The third kappa shape index (κ3) is 5.05. The fourth-order valence-corrected chi connectivity index (χ4v) is 4.62. The van der Waals surface area contributed by atoms with Gasteiger partial charge in [0.25, 0.3) is 11.8 Å². The second-order valence-corrected chi connectivity index (χ2v) is 8.94. The molecule has 0 radical (unpaired) electrons. The van der Waals surface area contributed by atoms with E-state index in [-0.39, 0.29) is 11.8 Å². The van der Waals surface area contributed by atoms with E-state index in [9.17, 15) is 9.59 Å². The summed E-state index contributed by atoms with van der Waals surface area (Å²) >= 11 is 1.75. The zero-order chi connectivity index (χ0) is 22.5. The maximum Gasteiger partial charge on any atom is 0.256 e. The number of nitrogens with one attached hydrogen (secondary N) is 3. The molecule has 1 aromatic carbocycles. The molecule has 0 atom stereocenters. The lowest BCUT2D eigenvalue weighted by molar-refractivity contribution is -0.110. The van der Waals surface area contributed by atoms with Crippen LogP contribution in [0.15, 0.2) is 23.1 Å². The molecule has 0 unspecified atom stereocenters. The van der Waals surface area contributed by atoms with E-state index in [4.69, 9.17) is 0 Å². The van der Waals surface area contributed by atoms with Gasteiger partial charge in [-0.2, -0.15) is 0 Å². The third-order valence-electron chi connectivity index (χ3n) is 5.68. The summed E-state index contributed by atoms with van der Waals surface area (Å²) in [4.78, 5) is 32.1.